The van der Waals surface area contributed by atoms with Crippen LogP contribution in [0.4, 0.5) is 0 Å². The van der Waals surface area contributed by atoms with Gasteiger partial charge in [0.15, 0.2) is 5.96 Å². The van der Waals surface area contributed by atoms with Gasteiger partial charge in [0.25, 0.3) is 0 Å². The van der Waals surface area contributed by atoms with Gasteiger partial charge in [-0.2, -0.15) is 0 Å². The number of nitrogens with zero attached hydrogens (tertiary/aromatic N) is 3. The topological polar surface area (TPSA) is 42.9 Å². The van der Waals surface area contributed by atoms with Crippen molar-refractivity contribution in [2.75, 3.05) is 46.3 Å². The van der Waals surface area contributed by atoms with E-state index in [9.17, 15) is 0 Å². The van der Waals surface area contributed by atoms with Crippen molar-refractivity contribution in [1.82, 2.24) is 20.4 Å². The fraction of sp³-hybridized carbons (Fsp3) is 0.667. The molecule has 2 N–H and O–H groups in total. The van der Waals surface area contributed by atoms with Crippen LogP contribution in [-0.4, -0.2) is 68.1 Å². The lowest BCUT2D eigenvalue weighted by molar-refractivity contribution is 0.251. The van der Waals surface area contributed by atoms with Crippen molar-refractivity contribution in [3.63, 3.8) is 0 Å². The summed E-state index contributed by atoms with van der Waals surface area (Å²) < 4.78 is 0. The molecule has 1 saturated heterocycles. The summed E-state index contributed by atoms with van der Waals surface area (Å²) >= 11 is 0. The van der Waals surface area contributed by atoms with E-state index in [4.69, 9.17) is 4.99 Å². The average Bonchev–Trinajstić information content (AvgIpc) is 3.17. The van der Waals surface area contributed by atoms with Crippen LogP contribution in [0.2, 0.25) is 0 Å². The van der Waals surface area contributed by atoms with Gasteiger partial charge in [-0.05, 0) is 59.3 Å². The Kier molecular flexibility index (Phi) is 8.92. The van der Waals surface area contributed by atoms with E-state index < -0.39 is 0 Å². The minimum Gasteiger partial charge on any atom is -0.357 e. The van der Waals surface area contributed by atoms with Crippen molar-refractivity contribution in [2.45, 2.75) is 45.7 Å². The van der Waals surface area contributed by atoms with E-state index in [0.29, 0.717) is 12.1 Å². The van der Waals surface area contributed by atoms with Gasteiger partial charge in [-0.1, -0.05) is 30.3 Å². The summed E-state index contributed by atoms with van der Waals surface area (Å²) in [6, 6.07) is 11.7. The van der Waals surface area contributed by atoms with Crippen LogP contribution in [-0.2, 0) is 0 Å². The van der Waals surface area contributed by atoms with Crippen molar-refractivity contribution >= 4 is 5.96 Å². The molecular weight excluding hydrogens is 322 g/mol. The molecule has 146 valence electrons. The van der Waals surface area contributed by atoms with Gasteiger partial charge in [0, 0.05) is 25.7 Å². The van der Waals surface area contributed by atoms with Crippen molar-refractivity contribution in [3.8, 4) is 0 Å². The van der Waals surface area contributed by atoms with Crippen LogP contribution in [0.3, 0.4) is 0 Å². The van der Waals surface area contributed by atoms with Gasteiger partial charge in [0.05, 0.1) is 12.6 Å². The van der Waals surface area contributed by atoms with Crippen molar-refractivity contribution in [2.24, 2.45) is 4.99 Å². The molecule has 26 heavy (non-hydrogen) atoms. The van der Waals surface area contributed by atoms with Gasteiger partial charge in [-0.25, -0.2) is 0 Å². The molecule has 0 saturated carbocycles. The minimum atomic E-state index is 0.368. The first-order valence-corrected chi connectivity index (χ1v) is 10.1. The zero-order chi connectivity index (χ0) is 18.8. The number of aliphatic imine (C=N–C) groups is 1. The predicted octanol–water partition coefficient (Wildman–Crippen LogP) is 2.72. The highest BCUT2D eigenvalue weighted by molar-refractivity contribution is 5.79. The van der Waals surface area contributed by atoms with E-state index in [1.807, 2.05) is 0 Å². The van der Waals surface area contributed by atoms with Gasteiger partial charge < -0.3 is 15.5 Å². The third-order valence-electron chi connectivity index (χ3n) is 5.17. The number of rotatable bonds is 9. The molecule has 1 unspecified atom stereocenters. The molecule has 1 atom stereocenters. The van der Waals surface area contributed by atoms with E-state index in [2.05, 4.69) is 78.6 Å². The maximum atomic E-state index is 4.91. The molecule has 0 aliphatic carbocycles. The van der Waals surface area contributed by atoms with Gasteiger partial charge in [-0.15, -0.1) is 0 Å². The Bertz CT molecular complexity index is 522. The number of guanidine groups is 1. The first-order valence-electron chi connectivity index (χ1n) is 10.1. The molecule has 1 fully saturated rings. The van der Waals surface area contributed by atoms with E-state index in [1.165, 1.54) is 31.5 Å². The Labute approximate surface area is 159 Å². The summed E-state index contributed by atoms with van der Waals surface area (Å²) in [6.07, 6.45) is 2.60. The Morgan fingerprint density at radius 1 is 1.15 bits per heavy atom. The fourth-order valence-electron chi connectivity index (χ4n) is 3.29. The first kappa shape index (κ1) is 20.7. The van der Waals surface area contributed by atoms with E-state index in [0.717, 1.165) is 32.1 Å². The molecule has 1 heterocycles. The monoisotopic (exact) mass is 359 g/mol. The molecule has 1 aromatic rings. The van der Waals surface area contributed by atoms with Crippen LogP contribution < -0.4 is 10.6 Å². The summed E-state index contributed by atoms with van der Waals surface area (Å²) in [5.41, 5.74) is 1.37. The number of benzene rings is 1. The van der Waals surface area contributed by atoms with Crippen LogP contribution in [0.5, 0.6) is 0 Å². The summed E-state index contributed by atoms with van der Waals surface area (Å²) in [6.45, 7) is 12.5. The smallest absolute Gasteiger partial charge is 0.191 e. The summed E-state index contributed by atoms with van der Waals surface area (Å²) in [5.74, 6) is 0.921. The first-order chi connectivity index (χ1) is 12.6. The number of hydrogen-bond donors (Lipinski definition) is 2. The molecule has 0 aromatic heterocycles. The maximum absolute atomic E-state index is 4.91. The van der Waals surface area contributed by atoms with E-state index >= 15 is 0 Å². The Balaban J connectivity index is 1.99. The largest absolute Gasteiger partial charge is 0.357 e. The van der Waals surface area contributed by atoms with Gasteiger partial charge in [0.2, 0.25) is 0 Å². The standard InChI is InChI=1S/C21H37N5/c1-5-22-21(23-13-16-25(4)18(2)3)24-17-20(26-14-9-10-15-26)19-11-7-6-8-12-19/h6-8,11-12,18,20H,5,9-10,13-17H2,1-4H3,(H2,22,23,24). The number of likely N-dealkylation sites (tertiary alicyclic amines) is 1. The fourth-order valence-corrected chi connectivity index (χ4v) is 3.29. The zero-order valence-electron chi connectivity index (χ0n) is 17.0. The second-order valence-electron chi connectivity index (χ2n) is 7.39. The Morgan fingerprint density at radius 3 is 2.46 bits per heavy atom. The lowest BCUT2D eigenvalue weighted by atomic mass is 10.1. The molecule has 2 rings (SSSR count). The summed E-state index contributed by atoms with van der Waals surface area (Å²) in [4.78, 5) is 9.83. The second-order valence-corrected chi connectivity index (χ2v) is 7.39. The highest BCUT2D eigenvalue weighted by Gasteiger charge is 2.23. The van der Waals surface area contributed by atoms with Crippen LogP contribution >= 0.6 is 0 Å². The van der Waals surface area contributed by atoms with E-state index in [-0.39, 0.29) is 0 Å². The number of likely N-dealkylation sites (N-methyl/N-ethyl adjacent to an activating group) is 1. The molecular formula is C21H37N5. The van der Waals surface area contributed by atoms with Gasteiger partial charge >= 0.3 is 0 Å². The SMILES string of the molecule is CCNC(=NCC(c1ccccc1)N1CCCC1)NCCN(C)C(C)C. The van der Waals surface area contributed by atoms with E-state index in [1.54, 1.807) is 0 Å². The Hall–Kier alpha value is -1.59. The molecule has 0 radical (unpaired) electrons. The highest BCUT2D eigenvalue weighted by Crippen LogP contribution is 2.25. The van der Waals surface area contributed by atoms with Crippen LogP contribution in [0.1, 0.15) is 45.2 Å². The molecule has 1 aromatic carbocycles. The maximum Gasteiger partial charge on any atom is 0.191 e. The third kappa shape index (κ3) is 6.61. The zero-order valence-corrected chi connectivity index (χ0v) is 17.0. The molecule has 5 heteroatoms. The summed E-state index contributed by atoms with van der Waals surface area (Å²) in [7, 11) is 2.16. The van der Waals surface area contributed by atoms with Crippen molar-refractivity contribution < 1.29 is 0 Å². The quantitative estimate of drug-likeness (QED) is 0.526. The highest BCUT2D eigenvalue weighted by atomic mass is 15.2. The summed E-state index contributed by atoms with van der Waals surface area (Å²) in [5, 5.41) is 6.87. The molecule has 1 aliphatic rings. The lowest BCUT2D eigenvalue weighted by Gasteiger charge is -2.27. The van der Waals surface area contributed by atoms with Gasteiger partial charge in [0.1, 0.15) is 0 Å². The predicted molar refractivity (Wildman–Crippen MR) is 112 cm³/mol. The third-order valence-corrected chi connectivity index (χ3v) is 5.17. The van der Waals surface area contributed by atoms with Crippen molar-refractivity contribution in [1.29, 1.82) is 0 Å². The van der Waals surface area contributed by atoms with Crippen LogP contribution in [0.25, 0.3) is 0 Å². The normalized spacial score (nSPS) is 17.1. The molecule has 1 aliphatic heterocycles. The molecule has 0 spiro atoms. The lowest BCUT2D eigenvalue weighted by Crippen LogP contribution is -2.42. The molecule has 0 bridgehead atoms. The van der Waals surface area contributed by atoms with Gasteiger partial charge in [-0.3, -0.25) is 9.89 Å². The minimum absolute atomic E-state index is 0.368. The molecule has 0 amide bonds. The second kappa shape index (κ2) is 11.2. The number of hydrogen-bond acceptors (Lipinski definition) is 3. The Morgan fingerprint density at radius 2 is 1.85 bits per heavy atom. The van der Waals surface area contributed by atoms with Crippen molar-refractivity contribution in [3.05, 3.63) is 35.9 Å². The van der Waals surface area contributed by atoms with Crippen LogP contribution in [0.15, 0.2) is 35.3 Å². The molecule has 5 nitrogen and oxygen atoms in total. The number of nitrogens with one attached hydrogen (secondary N) is 2. The van der Waals surface area contributed by atoms with Crippen LogP contribution in [0, 0.1) is 0 Å². The average molecular weight is 360 g/mol.